The van der Waals surface area contributed by atoms with E-state index < -0.39 is 38.6 Å². The van der Waals surface area contributed by atoms with E-state index in [-0.39, 0.29) is 10.5 Å². The zero-order valence-electron chi connectivity index (χ0n) is 13.2. The average molecular weight is 370 g/mol. The Morgan fingerprint density at radius 1 is 1.08 bits per heavy atom. The third-order valence-electron chi connectivity index (χ3n) is 4.13. The third-order valence-corrected chi connectivity index (χ3v) is 5.94. The van der Waals surface area contributed by atoms with Gasteiger partial charge in [0.05, 0.1) is 9.79 Å². The predicted octanol–water partition coefficient (Wildman–Crippen LogP) is 2.83. The van der Waals surface area contributed by atoms with Gasteiger partial charge in [0.2, 0.25) is 9.84 Å². The van der Waals surface area contributed by atoms with Gasteiger partial charge in [0.25, 0.3) is 6.43 Å². The van der Waals surface area contributed by atoms with Crippen LogP contribution in [0.1, 0.15) is 23.6 Å². The molecule has 134 valence electrons. The van der Waals surface area contributed by atoms with E-state index >= 15 is 0 Å². The number of hydrogen-bond acceptors (Lipinski definition) is 4. The van der Waals surface area contributed by atoms with Gasteiger partial charge in [-0.1, -0.05) is 18.2 Å². The number of sulfone groups is 1. The van der Waals surface area contributed by atoms with Crippen LogP contribution in [-0.2, 0) is 9.84 Å². The topological polar surface area (TPSA) is 58.2 Å². The fourth-order valence-corrected chi connectivity index (χ4v) is 4.50. The molecule has 1 heterocycles. The molecule has 1 unspecified atom stereocenters. The molecule has 0 amide bonds. The zero-order valence-corrected chi connectivity index (χ0v) is 14.0. The Morgan fingerprint density at radius 3 is 2.48 bits per heavy atom. The molecule has 1 atom stereocenters. The molecule has 0 aliphatic carbocycles. The number of benzene rings is 2. The fourth-order valence-electron chi connectivity index (χ4n) is 2.97. The number of hydrogen-bond donors (Lipinski definition) is 2. The van der Waals surface area contributed by atoms with Crippen LogP contribution in [-0.4, -0.2) is 28.1 Å². The summed E-state index contributed by atoms with van der Waals surface area (Å²) in [5.74, 6) is -0.742. The van der Waals surface area contributed by atoms with Gasteiger partial charge in [0, 0.05) is 31.2 Å². The van der Waals surface area contributed by atoms with Crippen molar-refractivity contribution in [2.75, 3.05) is 19.6 Å². The van der Waals surface area contributed by atoms with E-state index in [0.717, 1.165) is 18.2 Å². The Morgan fingerprint density at radius 2 is 1.84 bits per heavy atom. The van der Waals surface area contributed by atoms with E-state index in [4.69, 9.17) is 0 Å². The zero-order chi connectivity index (χ0) is 18.0. The van der Waals surface area contributed by atoms with Crippen LogP contribution in [0.2, 0.25) is 0 Å². The minimum absolute atomic E-state index is 0.236. The minimum atomic E-state index is -4.27. The highest BCUT2D eigenvalue weighted by Gasteiger charge is 2.30. The van der Waals surface area contributed by atoms with E-state index in [2.05, 4.69) is 10.6 Å². The summed E-state index contributed by atoms with van der Waals surface area (Å²) in [5, 5.41) is 6.20. The molecule has 1 aliphatic heterocycles. The van der Waals surface area contributed by atoms with Crippen molar-refractivity contribution in [3.8, 4) is 0 Å². The quantitative estimate of drug-likeness (QED) is 0.869. The van der Waals surface area contributed by atoms with Crippen molar-refractivity contribution in [1.29, 1.82) is 0 Å². The number of rotatable bonds is 4. The van der Waals surface area contributed by atoms with Crippen LogP contribution in [0.4, 0.5) is 13.2 Å². The highest BCUT2D eigenvalue weighted by atomic mass is 32.2. The lowest BCUT2D eigenvalue weighted by Gasteiger charge is -2.27. The van der Waals surface area contributed by atoms with Crippen LogP contribution in [0.15, 0.2) is 52.3 Å². The monoisotopic (exact) mass is 370 g/mol. The minimum Gasteiger partial charge on any atom is -0.314 e. The molecular weight excluding hydrogens is 353 g/mol. The van der Waals surface area contributed by atoms with Gasteiger partial charge in [0.15, 0.2) is 0 Å². The molecule has 2 aromatic carbocycles. The summed E-state index contributed by atoms with van der Waals surface area (Å²) in [6.07, 6.45) is -2.97. The highest BCUT2D eigenvalue weighted by molar-refractivity contribution is 7.91. The molecular formula is C17H17F3N2O2S. The fraction of sp³-hybridized carbons (Fsp3) is 0.294. The standard InChI is InChI=1S/C17H17F3N2O2S/c18-11-3-1-4-12(9-11)25(23,24)15-6-2-5-13(16(15)17(19)20)14-10-21-7-8-22-14/h1-6,9,14,17,21-22H,7-8,10H2. The Bertz CT molecular complexity index is 866. The maximum absolute atomic E-state index is 13.8. The van der Waals surface area contributed by atoms with Crippen molar-refractivity contribution in [2.45, 2.75) is 22.3 Å². The SMILES string of the molecule is O=S(=O)(c1cccc(F)c1)c1cccc(C2CNCCN2)c1C(F)F. The number of alkyl halides is 2. The van der Waals surface area contributed by atoms with Gasteiger partial charge >= 0.3 is 0 Å². The first-order valence-electron chi connectivity index (χ1n) is 7.77. The molecule has 25 heavy (non-hydrogen) atoms. The van der Waals surface area contributed by atoms with Gasteiger partial charge in [-0.05, 0) is 29.8 Å². The van der Waals surface area contributed by atoms with Gasteiger partial charge < -0.3 is 10.6 Å². The molecule has 2 N–H and O–H groups in total. The van der Waals surface area contributed by atoms with E-state index in [9.17, 15) is 21.6 Å². The second-order valence-corrected chi connectivity index (χ2v) is 7.65. The lowest BCUT2D eigenvalue weighted by atomic mass is 9.99. The summed E-state index contributed by atoms with van der Waals surface area (Å²) in [5.41, 5.74) is -0.298. The molecule has 0 saturated carbocycles. The van der Waals surface area contributed by atoms with Crippen molar-refractivity contribution in [1.82, 2.24) is 10.6 Å². The van der Waals surface area contributed by atoms with E-state index in [1.165, 1.54) is 24.3 Å². The molecule has 4 nitrogen and oxygen atoms in total. The summed E-state index contributed by atoms with van der Waals surface area (Å²) in [4.78, 5) is -0.834. The van der Waals surface area contributed by atoms with Crippen LogP contribution in [0.3, 0.4) is 0 Å². The summed E-state index contributed by atoms with van der Waals surface area (Å²) < 4.78 is 66.6. The molecule has 0 aromatic heterocycles. The molecule has 1 fully saturated rings. The molecule has 2 aromatic rings. The highest BCUT2D eigenvalue weighted by Crippen LogP contribution is 2.36. The van der Waals surface area contributed by atoms with Gasteiger partial charge in [-0.3, -0.25) is 0 Å². The van der Waals surface area contributed by atoms with Gasteiger partial charge in [-0.2, -0.15) is 0 Å². The second kappa shape index (κ2) is 7.15. The Hall–Kier alpha value is -1.90. The molecule has 1 saturated heterocycles. The Kier molecular flexibility index (Phi) is 5.12. The van der Waals surface area contributed by atoms with Crippen molar-refractivity contribution in [2.24, 2.45) is 0 Å². The van der Waals surface area contributed by atoms with Crippen molar-refractivity contribution < 1.29 is 21.6 Å². The van der Waals surface area contributed by atoms with Gasteiger partial charge in [0.1, 0.15) is 5.82 Å². The number of nitrogens with one attached hydrogen (secondary N) is 2. The second-order valence-electron chi connectivity index (χ2n) is 5.73. The van der Waals surface area contributed by atoms with Crippen LogP contribution in [0.5, 0.6) is 0 Å². The average Bonchev–Trinajstić information content (AvgIpc) is 2.61. The summed E-state index contributed by atoms with van der Waals surface area (Å²) >= 11 is 0. The smallest absolute Gasteiger partial charge is 0.265 e. The van der Waals surface area contributed by atoms with Gasteiger partial charge in [-0.25, -0.2) is 21.6 Å². The first kappa shape index (κ1) is 17.9. The molecule has 0 spiro atoms. The Balaban J connectivity index is 2.15. The van der Waals surface area contributed by atoms with E-state index in [1.807, 2.05) is 0 Å². The first-order valence-corrected chi connectivity index (χ1v) is 9.25. The largest absolute Gasteiger partial charge is 0.314 e. The Labute approximate surface area is 144 Å². The lowest BCUT2D eigenvalue weighted by Crippen LogP contribution is -2.43. The van der Waals surface area contributed by atoms with E-state index in [1.54, 1.807) is 0 Å². The van der Waals surface area contributed by atoms with Crippen LogP contribution >= 0.6 is 0 Å². The van der Waals surface area contributed by atoms with Crippen LogP contribution < -0.4 is 10.6 Å². The molecule has 8 heteroatoms. The van der Waals surface area contributed by atoms with Crippen LogP contribution in [0, 0.1) is 5.82 Å². The van der Waals surface area contributed by atoms with Crippen molar-refractivity contribution in [3.05, 3.63) is 59.4 Å². The summed E-state index contributed by atoms with van der Waals surface area (Å²) in [7, 11) is -4.27. The molecule has 0 bridgehead atoms. The first-order chi connectivity index (χ1) is 11.9. The van der Waals surface area contributed by atoms with Crippen molar-refractivity contribution in [3.63, 3.8) is 0 Å². The van der Waals surface area contributed by atoms with Crippen LogP contribution in [0.25, 0.3) is 0 Å². The predicted molar refractivity (Wildman–Crippen MR) is 86.9 cm³/mol. The molecule has 1 aliphatic rings. The van der Waals surface area contributed by atoms with Crippen molar-refractivity contribution >= 4 is 9.84 Å². The third kappa shape index (κ3) is 3.56. The summed E-state index contributed by atoms with van der Waals surface area (Å²) in [6, 6.07) is 8.02. The number of piperazine rings is 1. The lowest BCUT2D eigenvalue weighted by molar-refractivity contribution is 0.145. The normalized spacial score (nSPS) is 18.5. The molecule has 3 rings (SSSR count). The molecule has 0 radical (unpaired) electrons. The van der Waals surface area contributed by atoms with Gasteiger partial charge in [-0.15, -0.1) is 0 Å². The maximum atomic E-state index is 13.8. The summed E-state index contributed by atoms with van der Waals surface area (Å²) in [6.45, 7) is 1.72. The maximum Gasteiger partial charge on any atom is 0.265 e. The van der Waals surface area contributed by atoms with E-state index in [0.29, 0.717) is 19.6 Å². The number of halogens is 3.